The zero-order chi connectivity index (χ0) is 16.3. The first-order chi connectivity index (χ1) is 10.3. The van der Waals surface area contributed by atoms with E-state index in [0.717, 1.165) is 17.3 Å². The van der Waals surface area contributed by atoms with Crippen LogP contribution < -0.4 is 0 Å². The second-order valence-electron chi connectivity index (χ2n) is 4.95. The number of esters is 1. The molecule has 0 aliphatic rings. The summed E-state index contributed by atoms with van der Waals surface area (Å²) in [6.45, 7) is 3.64. The first-order valence-corrected chi connectivity index (χ1v) is 6.63. The van der Waals surface area contributed by atoms with Crippen molar-refractivity contribution in [3.63, 3.8) is 0 Å². The fourth-order valence-corrected chi connectivity index (χ4v) is 1.95. The van der Waals surface area contributed by atoms with Crippen LogP contribution in [0.2, 0.25) is 0 Å². The Balaban J connectivity index is 1.95. The van der Waals surface area contributed by atoms with Gasteiger partial charge in [-0.05, 0) is 37.1 Å². The lowest BCUT2D eigenvalue weighted by Gasteiger charge is -2.08. The molecule has 2 aromatic rings. The van der Waals surface area contributed by atoms with Gasteiger partial charge in [-0.1, -0.05) is 6.07 Å². The number of aromatic amines is 1. The summed E-state index contributed by atoms with van der Waals surface area (Å²) in [5.41, 5.74) is 1.44. The van der Waals surface area contributed by atoms with E-state index in [1.165, 1.54) is 0 Å². The molecule has 0 radical (unpaired) electrons. The van der Waals surface area contributed by atoms with Crippen molar-refractivity contribution in [2.75, 3.05) is 6.61 Å². The Morgan fingerprint density at radius 3 is 2.64 bits per heavy atom. The van der Waals surface area contributed by atoms with Crippen molar-refractivity contribution in [3.8, 4) is 0 Å². The number of rotatable bonds is 4. The van der Waals surface area contributed by atoms with Crippen molar-refractivity contribution in [2.24, 2.45) is 0 Å². The molecule has 1 aromatic carbocycles. The summed E-state index contributed by atoms with van der Waals surface area (Å²) in [7, 11) is 0. The number of aryl methyl sites for hydroxylation is 2. The molecule has 0 spiro atoms. The minimum Gasteiger partial charge on any atom is -0.462 e. The van der Waals surface area contributed by atoms with Gasteiger partial charge in [0, 0.05) is 12.0 Å². The zero-order valence-electron chi connectivity index (χ0n) is 12.1. The summed E-state index contributed by atoms with van der Waals surface area (Å²) in [5, 5.41) is 5.29. The molecule has 1 aromatic heterocycles. The van der Waals surface area contributed by atoms with Crippen molar-refractivity contribution in [1.29, 1.82) is 0 Å². The predicted molar refractivity (Wildman–Crippen MR) is 73.5 cm³/mol. The SMILES string of the molecule is Cc1ccc(C(=O)OCCc2cn[nH]c2C(F)(F)F)cc1C. The van der Waals surface area contributed by atoms with Crippen molar-refractivity contribution in [1.82, 2.24) is 10.2 Å². The van der Waals surface area contributed by atoms with E-state index >= 15 is 0 Å². The first kappa shape index (κ1) is 16.1. The second-order valence-corrected chi connectivity index (χ2v) is 4.95. The molecular formula is C15H15F3N2O2. The number of hydrogen-bond donors (Lipinski definition) is 1. The molecule has 2 rings (SSSR count). The van der Waals surface area contributed by atoms with Crippen LogP contribution in [0.3, 0.4) is 0 Å². The highest BCUT2D eigenvalue weighted by molar-refractivity contribution is 5.89. The highest BCUT2D eigenvalue weighted by atomic mass is 19.4. The van der Waals surface area contributed by atoms with Gasteiger partial charge < -0.3 is 4.74 Å². The maximum Gasteiger partial charge on any atom is 0.433 e. The number of halogens is 3. The summed E-state index contributed by atoms with van der Waals surface area (Å²) in [4.78, 5) is 11.9. The molecule has 4 nitrogen and oxygen atoms in total. The number of nitrogens with one attached hydrogen (secondary N) is 1. The maximum absolute atomic E-state index is 12.6. The summed E-state index contributed by atoms with van der Waals surface area (Å²) < 4.78 is 42.9. The molecular weight excluding hydrogens is 297 g/mol. The Kier molecular flexibility index (Phi) is 4.54. The maximum atomic E-state index is 12.6. The van der Waals surface area contributed by atoms with E-state index in [9.17, 15) is 18.0 Å². The third-order valence-electron chi connectivity index (χ3n) is 3.35. The highest BCUT2D eigenvalue weighted by Crippen LogP contribution is 2.30. The molecule has 0 saturated carbocycles. The zero-order valence-corrected chi connectivity index (χ0v) is 12.1. The second kappa shape index (κ2) is 6.21. The van der Waals surface area contributed by atoms with Crippen LogP contribution >= 0.6 is 0 Å². The largest absolute Gasteiger partial charge is 0.462 e. The lowest BCUT2D eigenvalue weighted by molar-refractivity contribution is -0.141. The number of alkyl halides is 3. The van der Waals surface area contributed by atoms with Gasteiger partial charge in [-0.25, -0.2) is 4.79 Å². The first-order valence-electron chi connectivity index (χ1n) is 6.63. The third kappa shape index (κ3) is 3.66. The van der Waals surface area contributed by atoms with Crippen molar-refractivity contribution >= 4 is 5.97 Å². The minimum atomic E-state index is -4.50. The fraction of sp³-hybridized carbons (Fsp3) is 0.333. The van der Waals surface area contributed by atoms with E-state index in [2.05, 4.69) is 5.10 Å². The average Bonchev–Trinajstić information content (AvgIpc) is 2.90. The number of ether oxygens (including phenoxy) is 1. The Bertz CT molecular complexity index is 678. The number of aromatic nitrogens is 2. The highest BCUT2D eigenvalue weighted by Gasteiger charge is 2.35. The van der Waals surface area contributed by atoms with Crippen LogP contribution in [-0.2, 0) is 17.3 Å². The molecule has 0 bridgehead atoms. The van der Waals surface area contributed by atoms with Crippen LogP contribution in [0.5, 0.6) is 0 Å². The summed E-state index contributed by atoms with van der Waals surface area (Å²) in [6, 6.07) is 5.12. The standard InChI is InChI=1S/C15H15F3N2O2/c1-9-3-4-11(7-10(9)2)14(21)22-6-5-12-8-19-20-13(12)15(16,17)18/h3-4,7-8H,5-6H2,1-2H3,(H,19,20). The smallest absolute Gasteiger partial charge is 0.433 e. The van der Waals surface area contributed by atoms with Crippen LogP contribution in [-0.4, -0.2) is 22.8 Å². The average molecular weight is 312 g/mol. The van der Waals surface area contributed by atoms with Gasteiger partial charge in [0.2, 0.25) is 0 Å². The van der Waals surface area contributed by atoms with Gasteiger partial charge in [0.05, 0.1) is 18.4 Å². The van der Waals surface area contributed by atoms with E-state index in [4.69, 9.17) is 4.74 Å². The van der Waals surface area contributed by atoms with Gasteiger partial charge in [-0.15, -0.1) is 0 Å². The van der Waals surface area contributed by atoms with E-state index in [0.29, 0.717) is 5.56 Å². The van der Waals surface area contributed by atoms with Gasteiger partial charge in [-0.3, -0.25) is 5.10 Å². The molecule has 0 aliphatic carbocycles. The predicted octanol–water partition coefficient (Wildman–Crippen LogP) is 3.44. The quantitative estimate of drug-likeness (QED) is 0.880. The molecule has 22 heavy (non-hydrogen) atoms. The van der Waals surface area contributed by atoms with E-state index in [1.54, 1.807) is 18.2 Å². The van der Waals surface area contributed by atoms with Crippen LogP contribution in [0.25, 0.3) is 0 Å². The van der Waals surface area contributed by atoms with Crippen LogP contribution in [0.4, 0.5) is 13.2 Å². The third-order valence-corrected chi connectivity index (χ3v) is 3.35. The summed E-state index contributed by atoms with van der Waals surface area (Å²) >= 11 is 0. The molecule has 0 atom stereocenters. The Hall–Kier alpha value is -2.31. The minimum absolute atomic E-state index is 0.0274. The van der Waals surface area contributed by atoms with Crippen LogP contribution in [0.1, 0.15) is 32.7 Å². The number of carbonyl (C=O) groups excluding carboxylic acids is 1. The van der Waals surface area contributed by atoms with Gasteiger partial charge in [-0.2, -0.15) is 18.3 Å². The summed E-state index contributed by atoms with van der Waals surface area (Å²) in [6.07, 6.45) is -3.46. The number of carbonyl (C=O) groups is 1. The van der Waals surface area contributed by atoms with Gasteiger partial charge in [0.15, 0.2) is 0 Å². The number of H-pyrrole nitrogens is 1. The van der Waals surface area contributed by atoms with E-state index in [1.807, 2.05) is 18.9 Å². The number of hydrogen-bond acceptors (Lipinski definition) is 3. The number of benzene rings is 1. The molecule has 0 aliphatic heterocycles. The van der Waals surface area contributed by atoms with Crippen molar-refractivity contribution in [2.45, 2.75) is 26.4 Å². The van der Waals surface area contributed by atoms with Gasteiger partial charge in [0.25, 0.3) is 0 Å². The summed E-state index contributed by atoms with van der Waals surface area (Å²) in [5.74, 6) is -0.555. The normalized spacial score (nSPS) is 11.5. The van der Waals surface area contributed by atoms with Crippen molar-refractivity contribution < 1.29 is 22.7 Å². The van der Waals surface area contributed by atoms with E-state index < -0.39 is 17.8 Å². The Labute approximate surface area is 125 Å². The molecule has 0 unspecified atom stereocenters. The lowest BCUT2D eigenvalue weighted by atomic mass is 10.1. The van der Waals surface area contributed by atoms with Gasteiger partial charge in [0.1, 0.15) is 5.69 Å². The van der Waals surface area contributed by atoms with E-state index in [-0.39, 0.29) is 18.6 Å². The molecule has 7 heteroatoms. The topological polar surface area (TPSA) is 55.0 Å². The molecule has 0 saturated heterocycles. The Morgan fingerprint density at radius 2 is 2.00 bits per heavy atom. The lowest BCUT2D eigenvalue weighted by Crippen LogP contribution is -2.12. The molecule has 1 N–H and O–H groups in total. The van der Waals surface area contributed by atoms with Gasteiger partial charge >= 0.3 is 12.1 Å². The Morgan fingerprint density at radius 1 is 1.27 bits per heavy atom. The van der Waals surface area contributed by atoms with Crippen molar-refractivity contribution in [3.05, 3.63) is 52.3 Å². The molecule has 0 fully saturated rings. The number of nitrogens with zero attached hydrogens (tertiary/aromatic N) is 1. The van der Waals surface area contributed by atoms with Crippen LogP contribution in [0.15, 0.2) is 24.4 Å². The molecule has 0 amide bonds. The fourth-order valence-electron chi connectivity index (χ4n) is 1.95. The van der Waals surface area contributed by atoms with Crippen LogP contribution in [0, 0.1) is 13.8 Å². The molecule has 1 heterocycles. The monoisotopic (exact) mass is 312 g/mol. The molecule has 118 valence electrons.